The Bertz CT molecular complexity index is 859. The van der Waals surface area contributed by atoms with Crippen LogP contribution < -0.4 is 9.47 Å². The lowest BCUT2D eigenvalue weighted by Crippen LogP contribution is -2.41. The summed E-state index contributed by atoms with van der Waals surface area (Å²) in [5.74, 6) is 1.01. The summed E-state index contributed by atoms with van der Waals surface area (Å²) in [6.07, 6.45) is 1.80. The molecule has 0 bridgehead atoms. The van der Waals surface area contributed by atoms with Gasteiger partial charge >= 0.3 is 0 Å². The number of benzene rings is 2. The molecule has 4 rings (SSSR count). The number of rotatable bonds is 6. The quantitative estimate of drug-likeness (QED) is 0.813. The van der Waals surface area contributed by atoms with Gasteiger partial charge in [0.2, 0.25) is 0 Å². The van der Waals surface area contributed by atoms with Crippen LogP contribution in [0, 0.1) is 11.8 Å². The van der Waals surface area contributed by atoms with E-state index in [2.05, 4.69) is 29.2 Å². The molecule has 1 fully saturated rings. The maximum Gasteiger partial charge on any atom is 0.169 e. The fraction of sp³-hybridized carbons (Fsp3) is 0.458. The summed E-state index contributed by atoms with van der Waals surface area (Å²) in [5, 5.41) is 11.0. The Morgan fingerprint density at radius 3 is 2.38 bits per heavy atom. The summed E-state index contributed by atoms with van der Waals surface area (Å²) in [5.41, 5.74) is 2.92. The van der Waals surface area contributed by atoms with Gasteiger partial charge in [-0.1, -0.05) is 30.3 Å². The predicted molar refractivity (Wildman–Crippen MR) is 112 cm³/mol. The average molecular weight is 395 g/mol. The Balaban J connectivity index is 1.39. The normalized spacial score (nSPS) is 21.1. The lowest BCUT2D eigenvalue weighted by Gasteiger charge is -2.35. The summed E-state index contributed by atoms with van der Waals surface area (Å²) in [4.78, 5) is 15.4. The second-order valence-corrected chi connectivity index (χ2v) is 8.13. The minimum atomic E-state index is -0.606. The maximum atomic E-state index is 13.0. The van der Waals surface area contributed by atoms with Crippen LogP contribution in [-0.4, -0.2) is 49.2 Å². The highest BCUT2D eigenvalue weighted by Crippen LogP contribution is 2.39. The Hall–Kier alpha value is -2.37. The highest BCUT2D eigenvalue weighted by atomic mass is 16.5. The van der Waals surface area contributed by atoms with E-state index in [4.69, 9.17) is 9.47 Å². The Morgan fingerprint density at radius 1 is 1.07 bits per heavy atom. The first-order chi connectivity index (χ1) is 14.1. The van der Waals surface area contributed by atoms with Crippen molar-refractivity contribution in [2.75, 3.05) is 27.3 Å². The first kappa shape index (κ1) is 19.9. The number of nitrogens with zero attached hydrogens (tertiary/aromatic N) is 1. The van der Waals surface area contributed by atoms with Gasteiger partial charge in [-0.15, -0.1) is 0 Å². The van der Waals surface area contributed by atoms with Gasteiger partial charge in [0, 0.05) is 12.1 Å². The first-order valence-corrected chi connectivity index (χ1v) is 10.3. The molecule has 2 aromatic carbocycles. The molecule has 5 nitrogen and oxygen atoms in total. The third-order valence-electron chi connectivity index (χ3n) is 6.43. The van der Waals surface area contributed by atoms with Gasteiger partial charge in [-0.25, -0.2) is 0 Å². The number of methoxy groups -OCH3 is 2. The van der Waals surface area contributed by atoms with Crippen LogP contribution in [0.25, 0.3) is 0 Å². The molecule has 1 aliphatic heterocycles. The number of likely N-dealkylation sites (tertiary alicyclic amines) is 1. The molecular formula is C24H29NO4. The molecule has 1 heterocycles. The van der Waals surface area contributed by atoms with Crippen molar-refractivity contribution in [3.05, 3.63) is 59.2 Å². The molecule has 2 atom stereocenters. The van der Waals surface area contributed by atoms with Crippen molar-refractivity contribution in [2.45, 2.75) is 31.9 Å². The first-order valence-electron chi connectivity index (χ1n) is 10.3. The number of ketones is 1. The lowest BCUT2D eigenvalue weighted by atomic mass is 9.82. The predicted octanol–water partition coefficient (Wildman–Crippen LogP) is 3.33. The fourth-order valence-corrected chi connectivity index (χ4v) is 4.75. The van der Waals surface area contributed by atoms with Gasteiger partial charge in [0.15, 0.2) is 17.3 Å². The number of fused-ring (bicyclic) bond motifs is 1. The fourth-order valence-electron chi connectivity index (χ4n) is 4.75. The van der Waals surface area contributed by atoms with Crippen LogP contribution >= 0.6 is 0 Å². The molecule has 0 unspecified atom stereocenters. The molecule has 154 valence electrons. The molecule has 0 spiro atoms. The Morgan fingerprint density at radius 2 is 1.72 bits per heavy atom. The van der Waals surface area contributed by atoms with Gasteiger partial charge in [-0.05, 0) is 61.5 Å². The SMILES string of the molecule is COc1cc2c(cc1OC)C(=O)[C@H]([C@@H](O)C1CCN(Cc3ccccc3)CC1)C2. The van der Waals surface area contributed by atoms with Gasteiger partial charge in [-0.2, -0.15) is 0 Å². The van der Waals surface area contributed by atoms with Crippen molar-refractivity contribution < 1.29 is 19.4 Å². The molecule has 1 N–H and O–H groups in total. The van der Waals surface area contributed by atoms with Crippen LogP contribution in [0.4, 0.5) is 0 Å². The van der Waals surface area contributed by atoms with Crippen molar-refractivity contribution in [2.24, 2.45) is 11.8 Å². The lowest BCUT2D eigenvalue weighted by molar-refractivity contribution is 0.0202. The molecule has 0 aromatic heterocycles. The Labute approximate surface area is 172 Å². The minimum Gasteiger partial charge on any atom is -0.493 e. The van der Waals surface area contributed by atoms with Gasteiger partial charge in [0.1, 0.15) is 0 Å². The van der Waals surface area contributed by atoms with Crippen LogP contribution in [0.1, 0.15) is 34.3 Å². The van der Waals surface area contributed by atoms with Crippen LogP contribution in [0.2, 0.25) is 0 Å². The second-order valence-electron chi connectivity index (χ2n) is 8.13. The van der Waals surface area contributed by atoms with E-state index in [1.807, 2.05) is 12.1 Å². The molecule has 29 heavy (non-hydrogen) atoms. The number of aliphatic hydroxyl groups is 1. The van der Waals surface area contributed by atoms with E-state index in [0.29, 0.717) is 23.5 Å². The Kier molecular flexibility index (Phi) is 5.88. The van der Waals surface area contributed by atoms with E-state index in [1.54, 1.807) is 20.3 Å². The van der Waals surface area contributed by atoms with E-state index >= 15 is 0 Å². The molecule has 1 saturated heterocycles. The number of Topliss-reactive ketones (excluding diaryl/α,β-unsaturated/α-hetero) is 1. The van der Waals surface area contributed by atoms with Crippen molar-refractivity contribution >= 4 is 5.78 Å². The van der Waals surface area contributed by atoms with Crippen LogP contribution in [0.3, 0.4) is 0 Å². The van der Waals surface area contributed by atoms with E-state index < -0.39 is 6.10 Å². The molecule has 1 aliphatic carbocycles. The molecular weight excluding hydrogens is 366 g/mol. The average Bonchev–Trinajstić information content (AvgIpc) is 3.09. The topological polar surface area (TPSA) is 59.0 Å². The van der Waals surface area contributed by atoms with Crippen molar-refractivity contribution in [1.82, 2.24) is 4.90 Å². The zero-order chi connectivity index (χ0) is 20.4. The summed E-state index contributed by atoms with van der Waals surface area (Å²) in [6.45, 7) is 2.84. The van der Waals surface area contributed by atoms with Crippen LogP contribution in [-0.2, 0) is 13.0 Å². The smallest absolute Gasteiger partial charge is 0.169 e. The number of carbonyl (C=O) groups is 1. The monoisotopic (exact) mass is 395 g/mol. The molecule has 0 radical (unpaired) electrons. The van der Waals surface area contributed by atoms with Gasteiger partial charge < -0.3 is 14.6 Å². The standard InChI is InChI=1S/C24H29NO4/c1-28-21-13-18-12-20(24(27)19(18)14-22(21)29-2)23(26)17-8-10-25(11-9-17)15-16-6-4-3-5-7-16/h3-7,13-14,17,20,23,26H,8-12,15H2,1-2H3/t20-,23-/m0/s1. The van der Waals surface area contributed by atoms with Crippen molar-refractivity contribution in [1.29, 1.82) is 0 Å². The van der Waals surface area contributed by atoms with E-state index in [1.165, 1.54) is 5.56 Å². The summed E-state index contributed by atoms with van der Waals surface area (Å²) < 4.78 is 10.7. The van der Waals surface area contributed by atoms with E-state index in [-0.39, 0.29) is 17.6 Å². The van der Waals surface area contributed by atoms with Crippen molar-refractivity contribution in [3.8, 4) is 11.5 Å². The molecule has 0 saturated carbocycles. The number of aliphatic hydroxyl groups excluding tert-OH is 1. The van der Waals surface area contributed by atoms with Gasteiger partial charge in [0.05, 0.1) is 26.2 Å². The number of hydrogen-bond donors (Lipinski definition) is 1. The van der Waals surface area contributed by atoms with Gasteiger partial charge in [-0.3, -0.25) is 9.69 Å². The second kappa shape index (κ2) is 8.56. The molecule has 2 aliphatic rings. The third kappa shape index (κ3) is 4.02. The molecule has 0 amide bonds. The zero-order valence-electron chi connectivity index (χ0n) is 17.1. The van der Waals surface area contributed by atoms with E-state index in [0.717, 1.165) is 38.0 Å². The van der Waals surface area contributed by atoms with Crippen LogP contribution in [0.5, 0.6) is 11.5 Å². The molecule has 5 heteroatoms. The van der Waals surface area contributed by atoms with Crippen molar-refractivity contribution in [3.63, 3.8) is 0 Å². The van der Waals surface area contributed by atoms with Crippen LogP contribution in [0.15, 0.2) is 42.5 Å². The minimum absolute atomic E-state index is 0.0279. The van der Waals surface area contributed by atoms with E-state index in [9.17, 15) is 9.90 Å². The highest BCUT2D eigenvalue weighted by Gasteiger charge is 2.40. The third-order valence-corrected chi connectivity index (χ3v) is 6.43. The maximum absolute atomic E-state index is 13.0. The summed E-state index contributed by atoms with van der Waals surface area (Å²) in [6, 6.07) is 14.1. The molecule has 2 aromatic rings. The zero-order valence-corrected chi connectivity index (χ0v) is 17.1. The number of hydrogen-bond acceptors (Lipinski definition) is 5. The number of piperidine rings is 1. The largest absolute Gasteiger partial charge is 0.493 e. The number of carbonyl (C=O) groups excluding carboxylic acids is 1. The summed E-state index contributed by atoms with van der Waals surface area (Å²) >= 11 is 0. The van der Waals surface area contributed by atoms with Gasteiger partial charge in [0.25, 0.3) is 0 Å². The number of ether oxygens (including phenoxy) is 2. The highest BCUT2D eigenvalue weighted by molar-refractivity contribution is 6.03. The summed E-state index contributed by atoms with van der Waals surface area (Å²) in [7, 11) is 3.16.